The van der Waals surface area contributed by atoms with Crippen molar-refractivity contribution in [1.82, 2.24) is 0 Å². The van der Waals surface area contributed by atoms with E-state index in [1.54, 1.807) is 0 Å². The molecule has 1 atom stereocenters. The van der Waals surface area contributed by atoms with Gasteiger partial charge in [-0.25, -0.2) is 0 Å². The van der Waals surface area contributed by atoms with Crippen molar-refractivity contribution in [2.24, 2.45) is 0 Å². The summed E-state index contributed by atoms with van der Waals surface area (Å²) in [4.78, 5) is 0. The molecular formula is C19H14O. The molecule has 1 aliphatic rings. The fraction of sp³-hybridized carbons (Fsp3) is 0.0526. The van der Waals surface area contributed by atoms with Crippen LogP contribution in [0.3, 0.4) is 0 Å². The number of hydrogen-bond donors (Lipinski definition) is 0. The average molecular weight is 258 g/mol. The lowest BCUT2D eigenvalue weighted by atomic mass is 9.98. The number of benzene rings is 2. The average Bonchev–Trinajstić information content (AvgIpc) is 2.73. The molecule has 4 rings (SSSR count). The highest BCUT2D eigenvalue weighted by atomic mass is 16.3. The summed E-state index contributed by atoms with van der Waals surface area (Å²) in [6, 6.07) is 18.7. The highest BCUT2D eigenvalue weighted by Crippen LogP contribution is 2.32. The Morgan fingerprint density at radius 2 is 1.50 bits per heavy atom. The lowest BCUT2D eigenvalue weighted by Gasteiger charge is -2.06. The summed E-state index contributed by atoms with van der Waals surface area (Å²) in [5, 5.41) is 1.18. The minimum Gasteiger partial charge on any atom is -0.456 e. The van der Waals surface area contributed by atoms with Gasteiger partial charge < -0.3 is 4.42 Å². The van der Waals surface area contributed by atoms with E-state index in [9.17, 15) is 0 Å². The first-order valence-electron chi connectivity index (χ1n) is 6.85. The van der Waals surface area contributed by atoms with Gasteiger partial charge >= 0.3 is 0 Å². The zero-order chi connectivity index (χ0) is 13.4. The molecule has 1 aliphatic carbocycles. The van der Waals surface area contributed by atoms with Crippen molar-refractivity contribution in [3.8, 4) is 0 Å². The smallest absolute Gasteiger partial charge is 0.135 e. The molecule has 1 aromatic heterocycles. The highest BCUT2D eigenvalue weighted by Gasteiger charge is 2.13. The zero-order valence-electron chi connectivity index (χ0n) is 11.0. The molecule has 0 saturated carbocycles. The van der Waals surface area contributed by atoms with Gasteiger partial charge in [-0.1, -0.05) is 66.8 Å². The molecule has 1 heteroatoms. The van der Waals surface area contributed by atoms with Crippen molar-refractivity contribution < 1.29 is 4.42 Å². The normalized spacial score (nSPS) is 17.1. The summed E-state index contributed by atoms with van der Waals surface area (Å²) in [6.45, 7) is 0. The van der Waals surface area contributed by atoms with Gasteiger partial charge in [0.25, 0.3) is 0 Å². The molecule has 0 fully saturated rings. The molecule has 2 aromatic carbocycles. The van der Waals surface area contributed by atoms with Crippen LogP contribution in [0.25, 0.3) is 23.1 Å². The first-order chi connectivity index (χ1) is 9.92. The molecule has 3 aromatic rings. The predicted octanol–water partition coefficient (Wildman–Crippen LogP) is 5.26. The van der Waals surface area contributed by atoms with Gasteiger partial charge in [0.15, 0.2) is 0 Å². The monoisotopic (exact) mass is 258 g/mol. The fourth-order valence-electron chi connectivity index (χ4n) is 2.73. The Morgan fingerprint density at radius 1 is 0.750 bits per heavy atom. The van der Waals surface area contributed by atoms with Crippen molar-refractivity contribution >= 4 is 23.1 Å². The maximum absolute atomic E-state index is 5.92. The molecule has 0 radical (unpaired) electrons. The van der Waals surface area contributed by atoms with Crippen LogP contribution in [0.2, 0.25) is 0 Å². The maximum atomic E-state index is 5.92. The molecule has 0 saturated heterocycles. The van der Waals surface area contributed by atoms with Crippen LogP contribution in [0.15, 0.2) is 71.2 Å². The van der Waals surface area contributed by atoms with Crippen molar-refractivity contribution in [1.29, 1.82) is 0 Å². The lowest BCUT2D eigenvalue weighted by molar-refractivity contribution is 0.603. The largest absolute Gasteiger partial charge is 0.456 e. The van der Waals surface area contributed by atoms with Crippen LogP contribution < -0.4 is 0 Å². The minimum atomic E-state index is 0.303. The minimum absolute atomic E-state index is 0.303. The van der Waals surface area contributed by atoms with E-state index in [1.165, 1.54) is 16.5 Å². The molecule has 0 bridgehead atoms. The topological polar surface area (TPSA) is 13.1 Å². The van der Waals surface area contributed by atoms with Crippen molar-refractivity contribution in [2.45, 2.75) is 5.92 Å². The van der Waals surface area contributed by atoms with E-state index in [0.717, 1.165) is 11.3 Å². The van der Waals surface area contributed by atoms with Gasteiger partial charge in [-0.2, -0.15) is 0 Å². The summed E-state index contributed by atoms with van der Waals surface area (Å²) in [5.74, 6) is 1.25. The second-order valence-electron chi connectivity index (χ2n) is 5.03. The van der Waals surface area contributed by atoms with Gasteiger partial charge in [0, 0.05) is 16.9 Å². The van der Waals surface area contributed by atoms with Crippen LogP contribution in [-0.2, 0) is 0 Å². The van der Waals surface area contributed by atoms with E-state index >= 15 is 0 Å². The Bertz CT molecular complexity index is 806. The summed E-state index contributed by atoms with van der Waals surface area (Å²) >= 11 is 0. The summed E-state index contributed by atoms with van der Waals surface area (Å²) in [6.07, 6.45) is 8.70. The molecule has 1 unspecified atom stereocenters. The van der Waals surface area contributed by atoms with E-state index in [-0.39, 0.29) is 0 Å². The predicted molar refractivity (Wildman–Crippen MR) is 83.5 cm³/mol. The standard InChI is InChI=1S/C19H14O/c1-2-6-14(7-3-1)15-10-12-17-16-8-4-5-9-18(16)20-19(17)13-11-15/h1-13,15H. The van der Waals surface area contributed by atoms with Gasteiger partial charge in [0.05, 0.1) is 0 Å². The summed E-state index contributed by atoms with van der Waals surface area (Å²) < 4.78 is 5.92. The molecule has 96 valence electrons. The zero-order valence-corrected chi connectivity index (χ0v) is 11.0. The Labute approximate surface area is 117 Å². The number of fused-ring (bicyclic) bond motifs is 3. The molecule has 0 spiro atoms. The van der Waals surface area contributed by atoms with Crippen molar-refractivity contribution in [3.63, 3.8) is 0 Å². The van der Waals surface area contributed by atoms with E-state index < -0.39 is 0 Å². The van der Waals surface area contributed by atoms with Crippen molar-refractivity contribution in [2.75, 3.05) is 0 Å². The Balaban J connectivity index is 1.82. The number of para-hydroxylation sites is 1. The first kappa shape index (κ1) is 11.3. The third-order valence-corrected chi connectivity index (χ3v) is 3.77. The van der Waals surface area contributed by atoms with E-state index in [4.69, 9.17) is 4.42 Å². The maximum Gasteiger partial charge on any atom is 0.135 e. The molecular weight excluding hydrogens is 244 g/mol. The van der Waals surface area contributed by atoms with E-state index in [2.05, 4.69) is 60.7 Å². The molecule has 0 aliphatic heterocycles. The third kappa shape index (κ3) is 1.79. The van der Waals surface area contributed by atoms with Gasteiger partial charge in [0.1, 0.15) is 11.3 Å². The van der Waals surface area contributed by atoms with Crippen LogP contribution in [-0.4, -0.2) is 0 Å². The van der Waals surface area contributed by atoms with Gasteiger partial charge in [0.2, 0.25) is 0 Å². The fourth-order valence-corrected chi connectivity index (χ4v) is 2.73. The lowest BCUT2D eigenvalue weighted by Crippen LogP contribution is -1.88. The van der Waals surface area contributed by atoms with E-state index in [1.807, 2.05) is 18.2 Å². The first-order valence-corrected chi connectivity index (χ1v) is 6.85. The van der Waals surface area contributed by atoms with E-state index in [0.29, 0.717) is 5.92 Å². The Kier molecular flexibility index (Phi) is 2.56. The van der Waals surface area contributed by atoms with Gasteiger partial charge in [-0.05, 0) is 17.7 Å². The quantitative estimate of drug-likeness (QED) is 0.580. The number of allylic oxidation sites excluding steroid dienone is 2. The number of furan rings is 1. The summed E-state index contributed by atoms with van der Waals surface area (Å²) in [5.41, 5.74) is 3.43. The summed E-state index contributed by atoms with van der Waals surface area (Å²) in [7, 11) is 0. The van der Waals surface area contributed by atoms with Gasteiger partial charge in [-0.15, -0.1) is 0 Å². The van der Waals surface area contributed by atoms with Crippen molar-refractivity contribution in [3.05, 3.63) is 83.6 Å². The second-order valence-corrected chi connectivity index (χ2v) is 5.03. The molecule has 1 nitrogen and oxygen atoms in total. The molecule has 0 N–H and O–H groups in total. The number of rotatable bonds is 1. The molecule has 1 heterocycles. The number of hydrogen-bond acceptors (Lipinski definition) is 1. The van der Waals surface area contributed by atoms with Crippen LogP contribution in [0.1, 0.15) is 22.8 Å². The Morgan fingerprint density at radius 3 is 2.40 bits per heavy atom. The molecule has 0 amide bonds. The van der Waals surface area contributed by atoms with Crippen LogP contribution in [0, 0.1) is 0 Å². The highest BCUT2D eigenvalue weighted by molar-refractivity contribution is 5.91. The second kappa shape index (κ2) is 4.53. The third-order valence-electron chi connectivity index (χ3n) is 3.77. The van der Waals surface area contributed by atoms with Crippen LogP contribution >= 0.6 is 0 Å². The SMILES string of the molecule is C1=CC(c2ccccc2)C=Cc2c1oc1ccccc21. The van der Waals surface area contributed by atoms with Crippen LogP contribution in [0.5, 0.6) is 0 Å². The van der Waals surface area contributed by atoms with Crippen LogP contribution in [0.4, 0.5) is 0 Å². The van der Waals surface area contributed by atoms with Gasteiger partial charge in [-0.3, -0.25) is 0 Å². The molecule has 20 heavy (non-hydrogen) atoms. The Hall–Kier alpha value is -2.54.